The van der Waals surface area contributed by atoms with E-state index in [1.54, 1.807) is 12.1 Å². The van der Waals surface area contributed by atoms with Gasteiger partial charge >= 0.3 is 0 Å². The number of nitrogens with zero attached hydrogens (tertiary/aromatic N) is 2. The first kappa shape index (κ1) is 19.9. The number of benzene rings is 2. The van der Waals surface area contributed by atoms with Crippen LogP contribution < -0.4 is 0 Å². The lowest BCUT2D eigenvalue weighted by molar-refractivity contribution is 0.279. The van der Waals surface area contributed by atoms with E-state index >= 15 is 0 Å². The molecule has 6 heteroatoms. The van der Waals surface area contributed by atoms with Gasteiger partial charge < -0.3 is 19.7 Å². The van der Waals surface area contributed by atoms with Crippen molar-refractivity contribution in [2.24, 2.45) is 9.98 Å². The maximum Gasteiger partial charge on any atom is 0.220 e. The minimum absolute atomic E-state index is 0.118. The average molecular weight is 421 g/mol. The van der Waals surface area contributed by atoms with Crippen molar-refractivity contribution in [2.45, 2.75) is 58.0 Å². The molecule has 2 N–H and O–H groups in total. The Morgan fingerprint density at radius 2 is 1.03 bits per heavy atom. The number of hydrogen-bond acceptors (Lipinski definition) is 6. The third-order valence-corrected chi connectivity index (χ3v) is 6.30. The highest BCUT2D eigenvalue weighted by Crippen LogP contribution is 2.52. The number of phenolic OH excluding ortho intramolecular Hbond substituents is 2. The van der Waals surface area contributed by atoms with Gasteiger partial charge in [-0.15, -0.1) is 0 Å². The Bertz CT molecular complexity index is 1100. The first-order chi connectivity index (χ1) is 14.4. The van der Waals surface area contributed by atoms with E-state index in [-0.39, 0.29) is 28.0 Å². The molecule has 0 saturated carbocycles. The van der Waals surface area contributed by atoms with Gasteiger partial charge in [0.15, 0.2) is 0 Å². The zero-order chi connectivity index (χ0) is 22.3. The molecule has 2 aromatic rings. The van der Waals surface area contributed by atoms with Gasteiger partial charge in [0.1, 0.15) is 24.7 Å². The van der Waals surface area contributed by atoms with Crippen molar-refractivity contribution in [3.63, 3.8) is 0 Å². The maximum absolute atomic E-state index is 10.8. The van der Waals surface area contributed by atoms with Gasteiger partial charge in [-0.25, -0.2) is 9.98 Å². The van der Waals surface area contributed by atoms with E-state index in [1.165, 1.54) is 0 Å². The molecule has 0 atom stereocenters. The van der Waals surface area contributed by atoms with E-state index in [2.05, 4.69) is 23.8 Å². The zero-order valence-electron chi connectivity index (χ0n) is 18.8. The molecule has 5 rings (SSSR count). The van der Waals surface area contributed by atoms with Gasteiger partial charge in [0.25, 0.3) is 0 Å². The first-order valence-electron chi connectivity index (χ1n) is 10.6. The number of aliphatic imine (C=N–C) groups is 2. The standard InChI is InChI=1S/C25H28N2O4/c1-23(2)11-30-21(26-23)15-7-17-13(9-19(15)28)14-10-20(29)16(8-18(14)25(17,5)6)22-27-24(3,4)12-31-22/h7-10,28-29H,11-12H2,1-6H3. The third kappa shape index (κ3) is 2.99. The number of hydrogen-bond donors (Lipinski definition) is 2. The van der Waals surface area contributed by atoms with Crippen molar-refractivity contribution in [1.29, 1.82) is 0 Å². The molecule has 0 aromatic heterocycles. The second-order valence-electron chi connectivity index (χ2n) is 10.5. The fraction of sp³-hybridized carbons (Fsp3) is 0.440. The molecule has 6 nitrogen and oxygen atoms in total. The Balaban J connectivity index is 1.65. The third-order valence-electron chi connectivity index (χ3n) is 6.30. The van der Waals surface area contributed by atoms with E-state index in [9.17, 15) is 10.2 Å². The Labute approximate surface area is 182 Å². The molecule has 162 valence electrons. The largest absolute Gasteiger partial charge is 0.507 e. The van der Waals surface area contributed by atoms with Crippen LogP contribution in [0.5, 0.6) is 11.5 Å². The van der Waals surface area contributed by atoms with Gasteiger partial charge in [-0.05, 0) is 74.2 Å². The first-order valence-corrected chi connectivity index (χ1v) is 10.6. The lowest BCUT2D eigenvalue weighted by Gasteiger charge is -2.23. The van der Waals surface area contributed by atoms with Crippen molar-refractivity contribution in [2.75, 3.05) is 13.2 Å². The highest BCUT2D eigenvalue weighted by molar-refractivity contribution is 6.02. The van der Waals surface area contributed by atoms with Crippen LogP contribution in [0.25, 0.3) is 11.1 Å². The molecule has 31 heavy (non-hydrogen) atoms. The molecule has 1 aliphatic carbocycles. The predicted octanol–water partition coefficient (Wildman–Crippen LogP) is 4.51. The second-order valence-corrected chi connectivity index (χ2v) is 10.5. The average Bonchev–Trinajstić information content (AvgIpc) is 3.27. The molecule has 2 aliphatic heterocycles. The summed E-state index contributed by atoms with van der Waals surface area (Å²) in [5, 5.41) is 21.6. The second kappa shape index (κ2) is 6.02. The molecule has 0 radical (unpaired) electrons. The van der Waals surface area contributed by atoms with Crippen LogP contribution in [-0.2, 0) is 14.9 Å². The topological polar surface area (TPSA) is 83.6 Å². The fourth-order valence-corrected chi connectivity index (χ4v) is 4.59. The van der Waals surface area contributed by atoms with Crippen LogP contribution in [0.15, 0.2) is 34.3 Å². The molecule has 2 aromatic carbocycles. The summed E-state index contributed by atoms with van der Waals surface area (Å²) in [6, 6.07) is 7.44. The summed E-state index contributed by atoms with van der Waals surface area (Å²) in [5.41, 5.74) is 4.13. The molecule has 0 unspecified atom stereocenters. The molecular weight excluding hydrogens is 392 g/mol. The number of phenols is 2. The Morgan fingerprint density at radius 3 is 1.35 bits per heavy atom. The van der Waals surface area contributed by atoms with E-state index in [4.69, 9.17) is 9.47 Å². The molecule has 2 heterocycles. The van der Waals surface area contributed by atoms with Gasteiger partial charge in [0.2, 0.25) is 11.8 Å². The quantitative estimate of drug-likeness (QED) is 0.748. The Kier molecular flexibility index (Phi) is 3.87. The van der Waals surface area contributed by atoms with Crippen molar-refractivity contribution in [3.8, 4) is 22.6 Å². The number of ether oxygens (including phenoxy) is 2. The lowest BCUT2D eigenvalue weighted by atomic mass is 9.81. The van der Waals surface area contributed by atoms with Crippen molar-refractivity contribution < 1.29 is 19.7 Å². The molecular formula is C25H28N2O4. The molecule has 0 saturated heterocycles. The van der Waals surface area contributed by atoms with E-state index in [0.717, 1.165) is 22.3 Å². The summed E-state index contributed by atoms with van der Waals surface area (Å²) in [6.45, 7) is 13.3. The summed E-state index contributed by atoms with van der Waals surface area (Å²) in [4.78, 5) is 9.26. The molecule has 0 bridgehead atoms. The monoisotopic (exact) mass is 420 g/mol. The van der Waals surface area contributed by atoms with Crippen molar-refractivity contribution in [3.05, 3.63) is 46.5 Å². The van der Waals surface area contributed by atoms with Crippen LogP contribution in [0.3, 0.4) is 0 Å². The zero-order valence-corrected chi connectivity index (χ0v) is 18.8. The van der Waals surface area contributed by atoms with Crippen molar-refractivity contribution >= 4 is 11.8 Å². The molecule has 0 fully saturated rings. The summed E-state index contributed by atoms with van der Waals surface area (Å²) in [7, 11) is 0. The minimum Gasteiger partial charge on any atom is -0.507 e. The van der Waals surface area contributed by atoms with E-state index in [1.807, 2.05) is 39.8 Å². The van der Waals surface area contributed by atoms with Gasteiger partial charge in [-0.2, -0.15) is 0 Å². The Hall–Kier alpha value is -3.02. The molecule has 0 amide bonds. The van der Waals surface area contributed by atoms with Crippen LogP contribution in [0.4, 0.5) is 0 Å². The van der Waals surface area contributed by atoms with E-state index < -0.39 is 0 Å². The van der Waals surface area contributed by atoms with Crippen LogP contribution in [0.1, 0.15) is 63.8 Å². The van der Waals surface area contributed by atoms with Crippen LogP contribution in [0.2, 0.25) is 0 Å². The summed E-state index contributed by atoms with van der Waals surface area (Å²) in [5.74, 6) is 1.17. The molecule has 3 aliphatic rings. The smallest absolute Gasteiger partial charge is 0.220 e. The maximum atomic E-state index is 10.8. The summed E-state index contributed by atoms with van der Waals surface area (Å²) < 4.78 is 11.6. The number of aromatic hydroxyl groups is 2. The highest BCUT2D eigenvalue weighted by atomic mass is 16.5. The van der Waals surface area contributed by atoms with Gasteiger partial charge in [0.05, 0.1) is 22.2 Å². The van der Waals surface area contributed by atoms with Gasteiger partial charge in [-0.1, -0.05) is 13.8 Å². The SMILES string of the molecule is CC1(C)COC(c2cc3c(cc2O)-c2cc(O)c(C4=NC(C)(C)CO4)cc2C3(C)C)=N1. The molecule has 0 spiro atoms. The highest BCUT2D eigenvalue weighted by Gasteiger charge is 2.40. The number of fused-ring (bicyclic) bond motifs is 3. The van der Waals surface area contributed by atoms with Gasteiger partial charge in [-0.3, -0.25) is 0 Å². The van der Waals surface area contributed by atoms with Gasteiger partial charge in [0, 0.05) is 5.41 Å². The Morgan fingerprint density at radius 1 is 0.645 bits per heavy atom. The predicted molar refractivity (Wildman–Crippen MR) is 120 cm³/mol. The lowest BCUT2D eigenvalue weighted by Crippen LogP contribution is -2.17. The summed E-state index contributed by atoms with van der Waals surface area (Å²) >= 11 is 0. The normalized spacial score (nSPS) is 21.6. The summed E-state index contributed by atoms with van der Waals surface area (Å²) in [6.07, 6.45) is 0. The fourth-order valence-electron chi connectivity index (χ4n) is 4.59. The van der Waals surface area contributed by atoms with Crippen LogP contribution >= 0.6 is 0 Å². The van der Waals surface area contributed by atoms with Crippen LogP contribution in [-0.4, -0.2) is 46.3 Å². The number of rotatable bonds is 2. The van der Waals surface area contributed by atoms with Crippen molar-refractivity contribution in [1.82, 2.24) is 0 Å². The van der Waals surface area contributed by atoms with E-state index in [0.29, 0.717) is 36.1 Å². The van der Waals surface area contributed by atoms with Crippen LogP contribution in [0, 0.1) is 0 Å². The minimum atomic E-state index is -0.348.